The van der Waals surface area contributed by atoms with Crippen LogP contribution in [0, 0.1) is 12.7 Å². The molecule has 10 heteroatoms. The quantitative estimate of drug-likeness (QED) is 0.650. The predicted octanol–water partition coefficient (Wildman–Crippen LogP) is 2.28. The summed E-state index contributed by atoms with van der Waals surface area (Å²) in [5, 5.41) is 0. The lowest BCUT2D eigenvalue weighted by molar-refractivity contribution is 0.309. The third-order valence-corrected chi connectivity index (χ3v) is 6.02. The van der Waals surface area contributed by atoms with E-state index in [-0.39, 0.29) is 23.8 Å². The molecule has 0 unspecified atom stereocenters. The van der Waals surface area contributed by atoms with E-state index in [2.05, 4.69) is 19.6 Å². The molecule has 0 aliphatic carbocycles. The molecule has 1 aliphatic rings. The van der Waals surface area contributed by atoms with Crippen molar-refractivity contribution in [2.45, 2.75) is 31.1 Å². The molecular weight excluding hydrogens is 399 g/mol. The van der Waals surface area contributed by atoms with Gasteiger partial charge in [0.2, 0.25) is 15.9 Å². The van der Waals surface area contributed by atoms with Crippen LogP contribution in [0.15, 0.2) is 29.2 Å². The van der Waals surface area contributed by atoms with E-state index in [1.807, 2.05) is 0 Å². The number of nitrogens with one attached hydrogen (secondary N) is 1. The number of hydrogen-bond donors (Lipinski definition) is 1. The van der Waals surface area contributed by atoms with Crippen LogP contribution >= 0.6 is 0 Å². The third kappa shape index (κ3) is 5.54. The first-order valence-electron chi connectivity index (χ1n) is 9.46. The van der Waals surface area contributed by atoms with Gasteiger partial charge in [0.15, 0.2) is 11.6 Å². The van der Waals surface area contributed by atoms with Gasteiger partial charge in [-0.05, 0) is 44.4 Å². The molecule has 29 heavy (non-hydrogen) atoms. The number of benzene rings is 1. The average Bonchev–Trinajstić information content (AvgIpc) is 2.71. The monoisotopic (exact) mass is 424 g/mol. The molecular formula is C19H25FN4O4S. The van der Waals surface area contributed by atoms with E-state index < -0.39 is 15.8 Å². The van der Waals surface area contributed by atoms with Crippen LogP contribution in [0.25, 0.3) is 0 Å². The zero-order valence-electron chi connectivity index (χ0n) is 16.5. The maximum absolute atomic E-state index is 13.8. The highest BCUT2D eigenvalue weighted by Crippen LogP contribution is 2.22. The second kappa shape index (κ2) is 9.36. The summed E-state index contributed by atoms with van der Waals surface area (Å²) in [6, 6.07) is 5.24. The van der Waals surface area contributed by atoms with Crippen molar-refractivity contribution in [3.8, 4) is 11.6 Å². The van der Waals surface area contributed by atoms with Gasteiger partial charge in [-0.1, -0.05) is 0 Å². The maximum atomic E-state index is 13.8. The molecule has 1 aliphatic heterocycles. The van der Waals surface area contributed by atoms with E-state index in [1.54, 1.807) is 13.0 Å². The number of anilines is 1. The van der Waals surface area contributed by atoms with Gasteiger partial charge in [-0.15, -0.1) is 0 Å². The number of aromatic nitrogens is 2. The Balaban J connectivity index is 1.57. The fourth-order valence-electron chi connectivity index (χ4n) is 3.11. The molecule has 0 amide bonds. The van der Waals surface area contributed by atoms with Crippen molar-refractivity contribution >= 4 is 15.8 Å². The van der Waals surface area contributed by atoms with Gasteiger partial charge in [0.1, 0.15) is 18.2 Å². The lowest BCUT2D eigenvalue weighted by Crippen LogP contribution is -2.30. The molecule has 2 heterocycles. The molecule has 1 fully saturated rings. The summed E-state index contributed by atoms with van der Waals surface area (Å²) in [5.41, 5.74) is 0. The van der Waals surface area contributed by atoms with Crippen molar-refractivity contribution < 1.29 is 22.3 Å². The third-order valence-electron chi connectivity index (χ3n) is 4.56. The Kier molecular flexibility index (Phi) is 6.86. The largest absolute Gasteiger partial charge is 0.494 e. The molecule has 0 radical (unpaired) electrons. The number of piperidine rings is 1. The zero-order chi connectivity index (χ0) is 20.9. The first-order chi connectivity index (χ1) is 13.9. The molecule has 1 aromatic carbocycles. The van der Waals surface area contributed by atoms with Crippen molar-refractivity contribution in [1.29, 1.82) is 0 Å². The molecule has 1 N–H and O–H groups in total. The maximum Gasteiger partial charge on any atom is 0.240 e. The van der Waals surface area contributed by atoms with Crippen molar-refractivity contribution in [3.63, 3.8) is 0 Å². The van der Waals surface area contributed by atoms with Crippen molar-refractivity contribution in [1.82, 2.24) is 14.7 Å². The number of hydrogen-bond acceptors (Lipinski definition) is 7. The van der Waals surface area contributed by atoms with Crippen LogP contribution in [0.4, 0.5) is 10.2 Å². The Labute approximate surface area is 170 Å². The summed E-state index contributed by atoms with van der Waals surface area (Å²) in [6.07, 6.45) is 3.49. The lowest BCUT2D eigenvalue weighted by atomic mass is 10.1. The van der Waals surface area contributed by atoms with Gasteiger partial charge in [0, 0.05) is 25.7 Å². The zero-order valence-corrected chi connectivity index (χ0v) is 17.3. The molecule has 2 aromatic rings. The predicted molar refractivity (Wildman–Crippen MR) is 106 cm³/mol. The van der Waals surface area contributed by atoms with E-state index in [9.17, 15) is 12.8 Å². The number of methoxy groups -OCH3 is 1. The Morgan fingerprint density at radius 2 is 1.93 bits per heavy atom. The Morgan fingerprint density at radius 3 is 2.62 bits per heavy atom. The van der Waals surface area contributed by atoms with Gasteiger partial charge in [0.25, 0.3) is 0 Å². The van der Waals surface area contributed by atoms with Crippen molar-refractivity contribution in [3.05, 3.63) is 35.9 Å². The molecule has 1 aromatic heterocycles. The van der Waals surface area contributed by atoms with Crippen LogP contribution in [0.5, 0.6) is 11.6 Å². The average molecular weight is 424 g/mol. The number of aryl methyl sites for hydroxylation is 1. The highest BCUT2D eigenvalue weighted by Gasteiger charge is 2.17. The summed E-state index contributed by atoms with van der Waals surface area (Å²) in [6.45, 7) is 3.79. The van der Waals surface area contributed by atoms with E-state index in [4.69, 9.17) is 9.47 Å². The molecule has 0 atom stereocenters. The Morgan fingerprint density at radius 1 is 1.17 bits per heavy atom. The molecule has 3 rings (SSSR count). The highest BCUT2D eigenvalue weighted by molar-refractivity contribution is 7.89. The fourth-order valence-corrected chi connectivity index (χ4v) is 4.14. The Hall–Kier alpha value is -2.46. The molecule has 0 spiro atoms. The van der Waals surface area contributed by atoms with Crippen LogP contribution in [0.2, 0.25) is 0 Å². The van der Waals surface area contributed by atoms with E-state index in [0.29, 0.717) is 11.7 Å². The van der Waals surface area contributed by atoms with Gasteiger partial charge < -0.3 is 14.4 Å². The number of rotatable bonds is 8. The van der Waals surface area contributed by atoms with E-state index in [1.165, 1.54) is 25.7 Å². The van der Waals surface area contributed by atoms with E-state index in [0.717, 1.165) is 37.8 Å². The summed E-state index contributed by atoms with van der Waals surface area (Å²) >= 11 is 0. The number of halogens is 1. The van der Waals surface area contributed by atoms with E-state index >= 15 is 0 Å². The number of nitrogens with zero attached hydrogens (tertiary/aromatic N) is 3. The van der Waals surface area contributed by atoms with Crippen LogP contribution < -0.4 is 19.1 Å². The second-order valence-corrected chi connectivity index (χ2v) is 8.47. The second-order valence-electron chi connectivity index (χ2n) is 6.70. The summed E-state index contributed by atoms with van der Waals surface area (Å²) in [4.78, 5) is 10.7. The molecule has 8 nitrogen and oxygen atoms in total. The molecule has 1 saturated heterocycles. The van der Waals surface area contributed by atoms with Gasteiger partial charge >= 0.3 is 0 Å². The number of ether oxygens (including phenoxy) is 2. The van der Waals surface area contributed by atoms with Crippen LogP contribution in [0.3, 0.4) is 0 Å². The summed E-state index contributed by atoms with van der Waals surface area (Å²) in [5.74, 6) is 1.05. The van der Waals surface area contributed by atoms with Gasteiger partial charge in [-0.25, -0.2) is 22.5 Å². The first kappa shape index (κ1) is 21.3. The minimum Gasteiger partial charge on any atom is -0.494 e. The van der Waals surface area contributed by atoms with Crippen molar-refractivity contribution in [2.24, 2.45) is 0 Å². The van der Waals surface area contributed by atoms with Crippen LogP contribution in [-0.2, 0) is 10.0 Å². The van der Waals surface area contributed by atoms with Gasteiger partial charge in [0.05, 0.1) is 12.0 Å². The summed E-state index contributed by atoms with van der Waals surface area (Å²) < 4.78 is 51.2. The normalized spacial score (nSPS) is 14.7. The minimum absolute atomic E-state index is 0.0120. The van der Waals surface area contributed by atoms with Gasteiger partial charge in [-0.2, -0.15) is 4.98 Å². The standard InChI is InChI=1S/C19H25FN4O4S/c1-14-22-18(24-9-4-3-5-10-24)13-19(23-14)28-11-8-21-29(25,26)15-6-7-17(27-2)16(20)12-15/h6-7,12-13,21H,3-5,8-11H2,1-2H3. The highest BCUT2D eigenvalue weighted by atomic mass is 32.2. The lowest BCUT2D eigenvalue weighted by Gasteiger charge is -2.28. The molecule has 0 saturated carbocycles. The smallest absolute Gasteiger partial charge is 0.240 e. The van der Waals surface area contributed by atoms with Crippen LogP contribution in [-0.4, -0.2) is 51.7 Å². The fraction of sp³-hybridized carbons (Fsp3) is 0.474. The minimum atomic E-state index is -3.86. The molecule has 0 bridgehead atoms. The van der Waals surface area contributed by atoms with Crippen LogP contribution in [0.1, 0.15) is 25.1 Å². The topological polar surface area (TPSA) is 93.7 Å². The first-order valence-corrected chi connectivity index (χ1v) is 10.9. The SMILES string of the molecule is COc1ccc(S(=O)(=O)NCCOc2cc(N3CCCCC3)nc(C)n2)cc1F. The molecule has 158 valence electrons. The number of sulfonamides is 1. The van der Waals surface area contributed by atoms with Gasteiger partial charge in [-0.3, -0.25) is 0 Å². The summed E-state index contributed by atoms with van der Waals surface area (Å²) in [7, 11) is -2.55. The van der Waals surface area contributed by atoms with Crippen molar-refractivity contribution in [2.75, 3.05) is 38.3 Å². The Bertz CT molecular complexity index is 949.